The Morgan fingerprint density at radius 3 is 1.81 bits per heavy atom. The second-order valence-corrected chi connectivity index (χ2v) is 10.2. The fraction of sp³-hybridized carbons (Fsp3) is 0.964. The number of nitrogens with zero attached hydrogens (tertiary/aromatic N) is 2. The van der Waals surface area contributed by atoms with Gasteiger partial charge in [-0.25, -0.2) is 0 Å². The van der Waals surface area contributed by atoms with Crippen molar-refractivity contribution in [3.05, 3.63) is 0 Å². The van der Waals surface area contributed by atoms with Crippen LogP contribution in [0.4, 0.5) is 0 Å². The van der Waals surface area contributed by atoms with Crippen LogP contribution >= 0.6 is 0 Å². The number of carbonyl (C=O) groups is 1. The molecule has 31 heavy (non-hydrogen) atoms. The molecule has 1 saturated heterocycles. The molecule has 0 N–H and O–H groups in total. The summed E-state index contributed by atoms with van der Waals surface area (Å²) < 4.78 is 0. The molecule has 0 saturated carbocycles. The molecule has 0 aromatic carbocycles. The smallest absolute Gasteiger partial charge is 0.222 e. The SMILES string of the molecule is CCCCCCCCCCCCCCCCN(C)C(CC)CN1CCC(CC)CC1=O. The van der Waals surface area contributed by atoms with Crippen molar-refractivity contribution in [1.82, 2.24) is 9.80 Å². The van der Waals surface area contributed by atoms with E-state index in [1.807, 2.05) is 0 Å². The van der Waals surface area contributed by atoms with Gasteiger partial charge >= 0.3 is 0 Å². The van der Waals surface area contributed by atoms with Crippen LogP contribution in [0, 0.1) is 5.92 Å². The van der Waals surface area contributed by atoms with Crippen molar-refractivity contribution in [1.29, 1.82) is 0 Å². The van der Waals surface area contributed by atoms with Gasteiger partial charge in [-0.2, -0.15) is 0 Å². The molecule has 1 fully saturated rings. The molecule has 1 heterocycles. The highest BCUT2D eigenvalue weighted by Gasteiger charge is 2.27. The molecule has 2 atom stereocenters. The summed E-state index contributed by atoms with van der Waals surface area (Å²) >= 11 is 0. The number of likely N-dealkylation sites (tertiary alicyclic amines) is 1. The Hall–Kier alpha value is -0.570. The lowest BCUT2D eigenvalue weighted by Crippen LogP contribution is -2.47. The number of piperidine rings is 1. The zero-order valence-corrected chi connectivity index (χ0v) is 21.8. The van der Waals surface area contributed by atoms with Gasteiger partial charge in [-0.15, -0.1) is 0 Å². The molecule has 184 valence electrons. The van der Waals surface area contributed by atoms with Crippen LogP contribution < -0.4 is 0 Å². The summed E-state index contributed by atoms with van der Waals surface area (Å²) in [7, 11) is 2.26. The Bertz CT molecular complexity index is 425. The Kier molecular flexibility index (Phi) is 17.4. The lowest BCUT2D eigenvalue weighted by Gasteiger charge is -2.36. The van der Waals surface area contributed by atoms with Crippen molar-refractivity contribution < 1.29 is 4.79 Å². The lowest BCUT2D eigenvalue weighted by atomic mass is 9.93. The number of amides is 1. The Balaban J connectivity index is 1.99. The predicted molar refractivity (Wildman–Crippen MR) is 137 cm³/mol. The van der Waals surface area contributed by atoms with Crippen LogP contribution in [0.15, 0.2) is 0 Å². The average Bonchev–Trinajstić information content (AvgIpc) is 2.78. The van der Waals surface area contributed by atoms with Gasteiger partial charge in [0.25, 0.3) is 0 Å². The third-order valence-electron chi connectivity index (χ3n) is 7.59. The fourth-order valence-corrected chi connectivity index (χ4v) is 5.06. The minimum absolute atomic E-state index is 0.390. The maximum Gasteiger partial charge on any atom is 0.222 e. The maximum absolute atomic E-state index is 12.4. The molecule has 0 aromatic rings. The third kappa shape index (κ3) is 13.5. The van der Waals surface area contributed by atoms with Gasteiger partial charge in [-0.05, 0) is 38.8 Å². The van der Waals surface area contributed by atoms with Gasteiger partial charge in [0.05, 0.1) is 0 Å². The molecule has 3 nitrogen and oxygen atoms in total. The largest absolute Gasteiger partial charge is 0.341 e. The molecule has 1 amide bonds. The quantitative estimate of drug-likeness (QED) is 0.182. The summed E-state index contributed by atoms with van der Waals surface area (Å²) in [5.41, 5.74) is 0. The van der Waals surface area contributed by atoms with Crippen molar-refractivity contribution >= 4 is 5.91 Å². The monoisotopic (exact) mass is 436 g/mol. The molecule has 0 spiro atoms. The number of carbonyl (C=O) groups excluding carboxylic acids is 1. The van der Waals surface area contributed by atoms with Gasteiger partial charge in [0.1, 0.15) is 0 Å². The van der Waals surface area contributed by atoms with Gasteiger partial charge < -0.3 is 9.80 Å². The second kappa shape index (κ2) is 18.9. The minimum atomic E-state index is 0.390. The fourth-order valence-electron chi connectivity index (χ4n) is 5.06. The van der Waals surface area contributed by atoms with Gasteiger partial charge in [0, 0.05) is 25.6 Å². The molecule has 2 unspecified atom stereocenters. The highest BCUT2D eigenvalue weighted by atomic mass is 16.2. The molecular weight excluding hydrogens is 380 g/mol. The van der Waals surface area contributed by atoms with E-state index in [9.17, 15) is 4.79 Å². The average molecular weight is 437 g/mol. The summed E-state index contributed by atoms with van der Waals surface area (Å²) in [6.07, 6.45) is 24.1. The number of rotatable bonds is 20. The molecule has 0 aliphatic carbocycles. The van der Waals surface area contributed by atoms with Crippen LogP contribution in [-0.2, 0) is 4.79 Å². The summed E-state index contributed by atoms with van der Waals surface area (Å²) in [6, 6.07) is 0.518. The van der Waals surface area contributed by atoms with E-state index in [0.29, 0.717) is 17.9 Å². The summed E-state index contributed by atoms with van der Waals surface area (Å²) in [5, 5.41) is 0. The standard InChI is InChI=1S/C28H56N2O/c1-5-8-9-10-11-12-13-14-15-16-17-18-19-20-22-29(4)27(7-3)25-30-23-21-26(6-2)24-28(30)31/h26-27H,5-25H2,1-4H3. The molecule has 1 aliphatic heterocycles. The number of hydrogen-bond donors (Lipinski definition) is 0. The van der Waals surface area contributed by atoms with Crippen LogP contribution in [-0.4, -0.2) is 48.4 Å². The zero-order chi connectivity index (χ0) is 22.7. The van der Waals surface area contributed by atoms with Gasteiger partial charge in [0.2, 0.25) is 5.91 Å². The van der Waals surface area contributed by atoms with E-state index >= 15 is 0 Å². The van der Waals surface area contributed by atoms with Crippen LogP contribution in [0.2, 0.25) is 0 Å². The summed E-state index contributed by atoms with van der Waals surface area (Å²) in [4.78, 5) is 17.1. The van der Waals surface area contributed by atoms with Gasteiger partial charge in [0.15, 0.2) is 0 Å². The zero-order valence-electron chi connectivity index (χ0n) is 21.8. The van der Waals surface area contributed by atoms with Crippen LogP contribution in [0.1, 0.15) is 136 Å². The normalized spacial score (nSPS) is 18.2. The van der Waals surface area contributed by atoms with Crippen molar-refractivity contribution in [2.75, 3.05) is 26.7 Å². The van der Waals surface area contributed by atoms with Gasteiger partial charge in [-0.1, -0.05) is 111 Å². The predicted octanol–water partition coefficient (Wildman–Crippen LogP) is 7.83. The number of likely N-dealkylation sites (N-methyl/N-ethyl adjacent to an activating group) is 1. The minimum Gasteiger partial charge on any atom is -0.341 e. The van der Waals surface area contributed by atoms with E-state index in [1.165, 1.54) is 103 Å². The van der Waals surface area contributed by atoms with E-state index < -0.39 is 0 Å². The first kappa shape index (κ1) is 28.5. The lowest BCUT2D eigenvalue weighted by molar-refractivity contribution is -0.136. The molecule has 1 aliphatic rings. The maximum atomic E-state index is 12.4. The van der Waals surface area contributed by atoms with E-state index in [-0.39, 0.29) is 0 Å². The highest BCUT2D eigenvalue weighted by Crippen LogP contribution is 2.22. The molecule has 1 rings (SSSR count). The van der Waals surface area contributed by atoms with Crippen molar-refractivity contribution in [3.63, 3.8) is 0 Å². The Labute approximate surface area is 195 Å². The van der Waals surface area contributed by atoms with E-state index in [0.717, 1.165) is 32.4 Å². The van der Waals surface area contributed by atoms with E-state index in [2.05, 4.69) is 37.6 Å². The molecule has 0 bridgehead atoms. The first-order valence-electron chi connectivity index (χ1n) is 14.1. The van der Waals surface area contributed by atoms with E-state index in [1.54, 1.807) is 0 Å². The topological polar surface area (TPSA) is 23.6 Å². The summed E-state index contributed by atoms with van der Waals surface area (Å²) in [5.74, 6) is 1.01. The summed E-state index contributed by atoms with van der Waals surface area (Å²) in [6.45, 7) is 9.86. The van der Waals surface area contributed by atoms with Crippen molar-refractivity contribution in [2.24, 2.45) is 5.92 Å². The number of unbranched alkanes of at least 4 members (excludes halogenated alkanes) is 13. The first-order chi connectivity index (χ1) is 15.1. The molecule has 0 radical (unpaired) electrons. The molecule has 0 aromatic heterocycles. The van der Waals surface area contributed by atoms with Crippen molar-refractivity contribution in [3.8, 4) is 0 Å². The van der Waals surface area contributed by atoms with Gasteiger partial charge in [-0.3, -0.25) is 4.79 Å². The number of hydrogen-bond acceptors (Lipinski definition) is 2. The molecule has 3 heteroatoms. The Morgan fingerprint density at radius 2 is 1.35 bits per heavy atom. The third-order valence-corrected chi connectivity index (χ3v) is 7.59. The van der Waals surface area contributed by atoms with Crippen LogP contribution in [0.3, 0.4) is 0 Å². The van der Waals surface area contributed by atoms with E-state index in [4.69, 9.17) is 0 Å². The molecular formula is C28H56N2O. The highest BCUT2D eigenvalue weighted by molar-refractivity contribution is 5.77. The van der Waals surface area contributed by atoms with Crippen molar-refractivity contribution in [2.45, 2.75) is 142 Å². The first-order valence-corrected chi connectivity index (χ1v) is 14.1. The van der Waals surface area contributed by atoms with Crippen LogP contribution in [0.25, 0.3) is 0 Å². The van der Waals surface area contributed by atoms with Crippen LogP contribution in [0.5, 0.6) is 0 Å². The second-order valence-electron chi connectivity index (χ2n) is 10.2. The Morgan fingerprint density at radius 1 is 0.839 bits per heavy atom.